The molecule has 7 nitrogen and oxygen atoms in total. The number of pyridine rings is 1. The van der Waals surface area contributed by atoms with E-state index in [4.69, 9.17) is 14.8 Å². The topological polar surface area (TPSA) is 69.0 Å². The second-order valence-corrected chi connectivity index (χ2v) is 8.23. The summed E-state index contributed by atoms with van der Waals surface area (Å²) in [5.41, 5.74) is 6.28. The Morgan fingerprint density at radius 1 is 1.00 bits per heavy atom. The van der Waals surface area contributed by atoms with Gasteiger partial charge >= 0.3 is 0 Å². The van der Waals surface area contributed by atoms with Gasteiger partial charge in [0, 0.05) is 68.5 Å². The summed E-state index contributed by atoms with van der Waals surface area (Å²) in [6.45, 7) is 7.43. The Bertz CT molecular complexity index is 1200. The molecule has 4 aromatic rings. The predicted molar refractivity (Wildman–Crippen MR) is 128 cm³/mol. The van der Waals surface area contributed by atoms with Crippen molar-refractivity contribution in [3.05, 3.63) is 84.2 Å². The molecule has 0 unspecified atom stereocenters. The summed E-state index contributed by atoms with van der Waals surface area (Å²) in [4.78, 5) is 16.2. The third kappa shape index (κ3) is 5.16. The van der Waals surface area contributed by atoms with Crippen LogP contribution in [-0.4, -0.2) is 55.9 Å². The van der Waals surface area contributed by atoms with E-state index in [0.717, 1.165) is 67.7 Å². The standard InChI is InChI=1S/C26H28N6O/c1-2-32-19-23(26(30-32)22-7-4-9-27-17-22)24-8-10-28-25(29-24)16-20-5-3-6-21(15-20)18-31-11-13-33-14-12-31/h3-10,15,17,19H,2,11-14,16,18H2,1H3. The summed E-state index contributed by atoms with van der Waals surface area (Å²) >= 11 is 0. The molecule has 1 aliphatic heterocycles. The first-order valence-corrected chi connectivity index (χ1v) is 11.5. The molecular weight excluding hydrogens is 412 g/mol. The Hall–Kier alpha value is -3.42. The van der Waals surface area contributed by atoms with Gasteiger partial charge in [0.2, 0.25) is 0 Å². The first-order chi connectivity index (χ1) is 16.3. The number of hydrogen-bond donors (Lipinski definition) is 0. The van der Waals surface area contributed by atoms with Gasteiger partial charge < -0.3 is 4.74 Å². The van der Waals surface area contributed by atoms with Crippen LogP contribution >= 0.6 is 0 Å². The van der Waals surface area contributed by atoms with Crippen LogP contribution in [-0.2, 0) is 24.2 Å². The number of morpholine rings is 1. The molecule has 33 heavy (non-hydrogen) atoms. The van der Waals surface area contributed by atoms with Crippen LogP contribution in [0.5, 0.6) is 0 Å². The summed E-state index contributed by atoms with van der Waals surface area (Å²) in [7, 11) is 0. The summed E-state index contributed by atoms with van der Waals surface area (Å²) in [6, 6.07) is 14.6. The molecule has 0 atom stereocenters. The highest BCUT2D eigenvalue weighted by atomic mass is 16.5. The van der Waals surface area contributed by atoms with Crippen molar-refractivity contribution in [2.45, 2.75) is 26.4 Å². The van der Waals surface area contributed by atoms with E-state index in [1.54, 1.807) is 6.20 Å². The van der Waals surface area contributed by atoms with E-state index in [1.807, 2.05) is 35.3 Å². The molecule has 0 saturated carbocycles. The van der Waals surface area contributed by atoms with Gasteiger partial charge in [0.25, 0.3) is 0 Å². The summed E-state index contributed by atoms with van der Waals surface area (Å²) in [5, 5.41) is 4.76. The van der Waals surface area contributed by atoms with Crippen LogP contribution in [0.2, 0.25) is 0 Å². The molecule has 1 aliphatic rings. The molecule has 3 aromatic heterocycles. The predicted octanol–water partition coefficient (Wildman–Crippen LogP) is 3.85. The van der Waals surface area contributed by atoms with Crippen molar-refractivity contribution in [2.75, 3.05) is 26.3 Å². The SMILES string of the molecule is CCn1cc(-c2ccnc(Cc3cccc(CN4CCOCC4)c3)n2)c(-c2cccnc2)n1. The number of benzene rings is 1. The van der Waals surface area contributed by atoms with Gasteiger partial charge in [0.15, 0.2) is 0 Å². The highest BCUT2D eigenvalue weighted by molar-refractivity contribution is 5.78. The van der Waals surface area contributed by atoms with Gasteiger partial charge in [-0.25, -0.2) is 9.97 Å². The second-order valence-electron chi connectivity index (χ2n) is 8.23. The van der Waals surface area contributed by atoms with E-state index in [2.05, 4.69) is 52.3 Å². The zero-order valence-corrected chi connectivity index (χ0v) is 18.9. The number of hydrogen-bond acceptors (Lipinski definition) is 6. The Morgan fingerprint density at radius 2 is 1.88 bits per heavy atom. The van der Waals surface area contributed by atoms with Gasteiger partial charge in [-0.05, 0) is 36.2 Å². The number of rotatable bonds is 7. The molecule has 4 heterocycles. The van der Waals surface area contributed by atoms with Gasteiger partial charge in [-0.3, -0.25) is 14.6 Å². The highest BCUT2D eigenvalue weighted by Crippen LogP contribution is 2.29. The van der Waals surface area contributed by atoms with E-state index in [-0.39, 0.29) is 0 Å². The summed E-state index contributed by atoms with van der Waals surface area (Å²) in [5.74, 6) is 0.803. The van der Waals surface area contributed by atoms with E-state index in [9.17, 15) is 0 Å². The monoisotopic (exact) mass is 440 g/mol. The van der Waals surface area contributed by atoms with Crippen molar-refractivity contribution >= 4 is 0 Å². The summed E-state index contributed by atoms with van der Waals surface area (Å²) < 4.78 is 7.40. The van der Waals surface area contributed by atoms with Crippen LogP contribution in [0, 0.1) is 0 Å². The fraction of sp³-hybridized carbons (Fsp3) is 0.308. The van der Waals surface area contributed by atoms with Crippen molar-refractivity contribution in [2.24, 2.45) is 0 Å². The molecule has 168 valence electrons. The lowest BCUT2D eigenvalue weighted by molar-refractivity contribution is 0.0342. The van der Waals surface area contributed by atoms with Crippen LogP contribution in [0.15, 0.2) is 67.3 Å². The minimum absolute atomic E-state index is 0.689. The second kappa shape index (κ2) is 10.0. The Kier molecular flexibility index (Phi) is 6.51. The van der Waals surface area contributed by atoms with Crippen molar-refractivity contribution in [3.63, 3.8) is 0 Å². The average molecular weight is 441 g/mol. The molecule has 1 fully saturated rings. The minimum atomic E-state index is 0.689. The van der Waals surface area contributed by atoms with Gasteiger partial charge in [-0.2, -0.15) is 5.10 Å². The van der Waals surface area contributed by atoms with Gasteiger partial charge in [-0.15, -0.1) is 0 Å². The van der Waals surface area contributed by atoms with Crippen molar-refractivity contribution in [1.82, 2.24) is 29.6 Å². The Morgan fingerprint density at radius 3 is 2.70 bits per heavy atom. The van der Waals surface area contributed by atoms with Crippen LogP contribution in [0.1, 0.15) is 23.9 Å². The third-order valence-corrected chi connectivity index (χ3v) is 5.87. The molecule has 0 amide bonds. The molecule has 0 bridgehead atoms. The lowest BCUT2D eigenvalue weighted by atomic mass is 10.1. The lowest BCUT2D eigenvalue weighted by Crippen LogP contribution is -2.35. The molecule has 1 saturated heterocycles. The molecular formula is C26H28N6O. The van der Waals surface area contributed by atoms with Gasteiger partial charge in [-0.1, -0.05) is 24.3 Å². The van der Waals surface area contributed by atoms with Crippen LogP contribution in [0.25, 0.3) is 22.5 Å². The van der Waals surface area contributed by atoms with E-state index in [0.29, 0.717) is 6.42 Å². The third-order valence-electron chi connectivity index (χ3n) is 5.87. The zero-order chi connectivity index (χ0) is 22.5. The molecule has 1 aromatic carbocycles. The van der Waals surface area contributed by atoms with E-state index in [1.165, 1.54) is 11.1 Å². The van der Waals surface area contributed by atoms with Gasteiger partial charge in [0.05, 0.1) is 18.9 Å². The van der Waals surface area contributed by atoms with E-state index >= 15 is 0 Å². The van der Waals surface area contributed by atoms with Crippen LogP contribution in [0.3, 0.4) is 0 Å². The maximum Gasteiger partial charge on any atom is 0.133 e. The molecule has 0 aliphatic carbocycles. The van der Waals surface area contributed by atoms with Crippen LogP contribution < -0.4 is 0 Å². The smallest absolute Gasteiger partial charge is 0.133 e. The number of ether oxygens (including phenoxy) is 1. The lowest BCUT2D eigenvalue weighted by Gasteiger charge is -2.26. The Labute approximate surface area is 194 Å². The fourth-order valence-electron chi connectivity index (χ4n) is 4.16. The molecule has 0 radical (unpaired) electrons. The number of nitrogens with zero attached hydrogens (tertiary/aromatic N) is 6. The molecule has 0 N–H and O–H groups in total. The minimum Gasteiger partial charge on any atom is -0.379 e. The van der Waals surface area contributed by atoms with Crippen LogP contribution in [0.4, 0.5) is 0 Å². The van der Waals surface area contributed by atoms with Crippen molar-refractivity contribution in [3.8, 4) is 22.5 Å². The highest BCUT2D eigenvalue weighted by Gasteiger charge is 2.15. The fourth-order valence-corrected chi connectivity index (χ4v) is 4.16. The Balaban J connectivity index is 1.39. The maximum atomic E-state index is 5.47. The van der Waals surface area contributed by atoms with Gasteiger partial charge in [0.1, 0.15) is 11.5 Å². The first kappa shape index (κ1) is 21.4. The van der Waals surface area contributed by atoms with Crippen molar-refractivity contribution < 1.29 is 4.74 Å². The van der Waals surface area contributed by atoms with E-state index < -0.39 is 0 Å². The number of aryl methyl sites for hydroxylation is 1. The number of aromatic nitrogens is 5. The summed E-state index contributed by atoms with van der Waals surface area (Å²) in [6.07, 6.45) is 8.20. The molecule has 5 rings (SSSR count). The largest absolute Gasteiger partial charge is 0.379 e. The maximum absolute atomic E-state index is 5.47. The first-order valence-electron chi connectivity index (χ1n) is 11.5. The quantitative estimate of drug-likeness (QED) is 0.435. The molecule has 0 spiro atoms. The average Bonchev–Trinajstić information content (AvgIpc) is 3.30. The zero-order valence-electron chi connectivity index (χ0n) is 18.9. The molecule has 7 heteroatoms. The normalized spacial score (nSPS) is 14.5. The van der Waals surface area contributed by atoms with Crippen molar-refractivity contribution in [1.29, 1.82) is 0 Å².